The summed E-state index contributed by atoms with van der Waals surface area (Å²) in [5.41, 5.74) is 1.64. The van der Waals surface area contributed by atoms with Gasteiger partial charge in [-0.25, -0.2) is 0 Å². The molecule has 1 saturated heterocycles. The second kappa shape index (κ2) is 8.65. The lowest BCUT2D eigenvalue weighted by atomic mass is 9.89. The summed E-state index contributed by atoms with van der Waals surface area (Å²) >= 11 is 0. The second-order valence-electron chi connectivity index (χ2n) is 7.73. The van der Waals surface area contributed by atoms with Gasteiger partial charge in [0.25, 0.3) is 0 Å². The van der Waals surface area contributed by atoms with Crippen molar-refractivity contribution in [2.24, 2.45) is 5.92 Å². The molecule has 1 aliphatic heterocycles. The first-order valence-electron chi connectivity index (χ1n) is 9.80. The minimum Gasteiger partial charge on any atom is -0.374 e. The molecule has 0 aromatic heterocycles. The molecule has 1 aliphatic carbocycles. The number of likely N-dealkylation sites (tertiary alicyclic amines) is 1. The van der Waals surface area contributed by atoms with E-state index in [1.165, 1.54) is 12.8 Å². The van der Waals surface area contributed by atoms with Crippen LogP contribution < -0.4 is 5.32 Å². The van der Waals surface area contributed by atoms with Crippen LogP contribution in [0.15, 0.2) is 24.3 Å². The quantitative estimate of drug-likeness (QED) is 0.778. The Morgan fingerprint density at radius 3 is 2.70 bits per heavy atom. The maximum atomic E-state index is 12.5. The van der Waals surface area contributed by atoms with Gasteiger partial charge in [0.05, 0.1) is 12.7 Å². The maximum absolute atomic E-state index is 12.5. The van der Waals surface area contributed by atoms with Crippen molar-refractivity contribution in [3.63, 3.8) is 0 Å². The van der Waals surface area contributed by atoms with Crippen molar-refractivity contribution in [2.75, 3.05) is 5.32 Å². The molecule has 1 N–H and O–H groups in total. The van der Waals surface area contributed by atoms with Gasteiger partial charge >= 0.3 is 0 Å². The highest BCUT2D eigenvalue weighted by molar-refractivity contribution is 6.07. The monoisotopic (exact) mass is 372 g/mol. The number of nitrogens with one attached hydrogen (secondary N) is 1. The lowest BCUT2D eigenvalue weighted by Crippen LogP contribution is -2.44. The van der Waals surface area contributed by atoms with Crippen LogP contribution in [-0.4, -0.2) is 34.8 Å². The number of nitrogens with zero attached hydrogens (tertiary/aromatic N) is 1. The predicted octanol–water partition coefficient (Wildman–Crippen LogP) is 3.26. The van der Waals surface area contributed by atoms with E-state index in [-0.39, 0.29) is 30.6 Å². The van der Waals surface area contributed by atoms with Gasteiger partial charge in [-0.15, -0.1) is 0 Å². The van der Waals surface area contributed by atoms with Gasteiger partial charge in [-0.2, -0.15) is 0 Å². The molecular weight excluding hydrogens is 344 g/mol. The summed E-state index contributed by atoms with van der Waals surface area (Å²) in [5, 5.41) is 2.80. The minimum absolute atomic E-state index is 0.184. The number of hydrogen-bond acceptors (Lipinski definition) is 4. The number of carbonyl (C=O) groups is 3. The number of hydrogen-bond donors (Lipinski definition) is 1. The summed E-state index contributed by atoms with van der Waals surface area (Å²) in [6.07, 6.45) is 5.38. The number of ether oxygens (including phenoxy) is 1. The predicted molar refractivity (Wildman–Crippen MR) is 102 cm³/mol. The third-order valence-electron chi connectivity index (χ3n) is 5.43. The molecule has 2 fully saturated rings. The Bertz CT molecular complexity index is 702. The Morgan fingerprint density at radius 2 is 2.00 bits per heavy atom. The Balaban J connectivity index is 1.56. The van der Waals surface area contributed by atoms with E-state index < -0.39 is 6.04 Å². The van der Waals surface area contributed by atoms with Crippen LogP contribution in [-0.2, 0) is 25.7 Å². The highest BCUT2D eigenvalue weighted by Gasteiger charge is 2.36. The Morgan fingerprint density at radius 1 is 1.26 bits per heavy atom. The van der Waals surface area contributed by atoms with Gasteiger partial charge in [-0.1, -0.05) is 31.9 Å². The van der Waals surface area contributed by atoms with Crippen molar-refractivity contribution in [3.05, 3.63) is 29.8 Å². The molecule has 27 heavy (non-hydrogen) atoms. The molecular formula is C21H28N2O4. The van der Waals surface area contributed by atoms with Gasteiger partial charge in [0.15, 0.2) is 0 Å². The van der Waals surface area contributed by atoms with E-state index in [1.54, 1.807) is 13.0 Å². The first kappa shape index (κ1) is 19.5. The average molecular weight is 372 g/mol. The number of benzene rings is 1. The van der Waals surface area contributed by atoms with Crippen LogP contribution in [0.3, 0.4) is 0 Å². The van der Waals surface area contributed by atoms with E-state index in [2.05, 4.69) is 12.2 Å². The molecule has 3 unspecified atom stereocenters. The molecule has 6 nitrogen and oxygen atoms in total. The van der Waals surface area contributed by atoms with E-state index >= 15 is 0 Å². The fourth-order valence-corrected chi connectivity index (χ4v) is 3.87. The minimum atomic E-state index is -0.809. The molecule has 0 radical (unpaired) electrons. The lowest BCUT2D eigenvalue weighted by molar-refractivity contribution is -0.144. The lowest BCUT2D eigenvalue weighted by Gasteiger charge is -2.26. The standard InChI is InChI=1S/C21H28N2O4/c1-14-5-3-8-18(11-14)27-13-16-6-4-7-17(12-16)22-21(26)15(2)23-19(24)9-10-20(23)25/h4,6-7,12,14-15,18H,3,5,8-11,13H2,1-2H3,(H,22,26). The molecule has 1 saturated carbocycles. The molecule has 2 aliphatic rings. The Kier molecular flexibility index (Phi) is 6.26. The molecule has 6 heteroatoms. The first-order valence-corrected chi connectivity index (χ1v) is 9.80. The molecule has 1 aromatic rings. The maximum Gasteiger partial charge on any atom is 0.247 e. The van der Waals surface area contributed by atoms with E-state index in [0.717, 1.165) is 23.3 Å². The number of amides is 3. The SMILES string of the molecule is CC1CCCC(OCc2cccc(NC(=O)C(C)N3C(=O)CCC3=O)c2)C1. The van der Waals surface area contributed by atoms with Crippen LogP contribution in [0.5, 0.6) is 0 Å². The van der Waals surface area contributed by atoms with Crippen LogP contribution in [0.2, 0.25) is 0 Å². The first-order chi connectivity index (χ1) is 12.9. The van der Waals surface area contributed by atoms with E-state index in [0.29, 0.717) is 24.3 Å². The number of carbonyl (C=O) groups excluding carboxylic acids is 3. The van der Waals surface area contributed by atoms with Gasteiger partial charge < -0.3 is 10.1 Å². The molecule has 0 bridgehead atoms. The van der Waals surface area contributed by atoms with E-state index in [4.69, 9.17) is 4.74 Å². The van der Waals surface area contributed by atoms with Gasteiger partial charge in [-0.3, -0.25) is 19.3 Å². The van der Waals surface area contributed by atoms with Crippen LogP contribution in [0.4, 0.5) is 5.69 Å². The summed E-state index contributed by atoms with van der Waals surface area (Å²) in [7, 11) is 0. The molecule has 1 aromatic carbocycles. The number of rotatable bonds is 6. The fraction of sp³-hybridized carbons (Fsp3) is 0.571. The Hall–Kier alpha value is -2.21. The van der Waals surface area contributed by atoms with Crippen LogP contribution in [0.1, 0.15) is 57.9 Å². The van der Waals surface area contributed by atoms with Gasteiger partial charge in [0.1, 0.15) is 6.04 Å². The number of imide groups is 1. The summed E-state index contributed by atoms with van der Waals surface area (Å²) in [4.78, 5) is 37.1. The van der Waals surface area contributed by atoms with Crippen molar-refractivity contribution in [2.45, 2.75) is 71.1 Å². The largest absolute Gasteiger partial charge is 0.374 e. The summed E-state index contributed by atoms with van der Waals surface area (Å²) in [6, 6.07) is 6.71. The zero-order chi connectivity index (χ0) is 19.4. The van der Waals surface area contributed by atoms with Crippen molar-refractivity contribution in [1.29, 1.82) is 0 Å². The highest BCUT2D eigenvalue weighted by atomic mass is 16.5. The zero-order valence-electron chi connectivity index (χ0n) is 16.1. The van der Waals surface area contributed by atoms with E-state index in [9.17, 15) is 14.4 Å². The van der Waals surface area contributed by atoms with Crippen molar-refractivity contribution in [3.8, 4) is 0 Å². The number of anilines is 1. The van der Waals surface area contributed by atoms with Crippen LogP contribution in [0, 0.1) is 5.92 Å². The molecule has 1 heterocycles. The summed E-state index contributed by atoms with van der Waals surface area (Å²) in [5.74, 6) is -0.220. The normalized spacial score (nSPS) is 24.1. The third kappa shape index (κ3) is 4.95. The van der Waals surface area contributed by atoms with Crippen molar-refractivity contribution >= 4 is 23.4 Å². The van der Waals surface area contributed by atoms with Gasteiger partial charge in [0, 0.05) is 18.5 Å². The second-order valence-corrected chi connectivity index (χ2v) is 7.73. The topological polar surface area (TPSA) is 75.7 Å². The van der Waals surface area contributed by atoms with Crippen molar-refractivity contribution in [1.82, 2.24) is 4.90 Å². The molecule has 0 spiro atoms. The molecule has 146 valence electrons. The molecule has 3 amide bonds. The summed E-state index contributed by atoms with van der Waals surface area (Å²) in [6.45, 7) is 4.36. The highest BCUT2D eigenvalue weighted by Crippen LogP contribution is 2.26. The Labute approximate surface area is 160 Å². The smallest absolute Gasteiger partial charge is 0.247 e. The molecule has 3 rings (SSSR count). The zero-order valence-corrected chi connectivity index (χ0v) is 16.1. The van der Waals surface area contributed by atoms with E-state index in [1.807, 2.05) is 18.2 Å². The fourth-order valence-electron chi connectivity index (χ4n) is 3.87. The summed E-state index contributed by atoms with van der Waals surface area (Å²) < 4.78 is 6.05. The van der Waals surface area contributed by atoms with Gasteiger partial charge in [-0.05, 0) is 43.4 Å². The molecule has 3 atom stereocenters. The van der Waals surface area contributed by atoms with Crippen molar-refractivity contribution < 1.29 is 19.1 Å². The van der Waals surface area contributed by atoms with Crippen LogP contribution >= 0.6 is 0 Å². The van der Waals surface area contributed by atoms with Gasteiger partial charge in [0.2, 0.25) is 17.7 Å². The average Bonchev–Trinajstić information content (AvgIpc) is 2.98. The third-order valence-corrected chi connectivity index (χ3v) is 5.43. The van der Waals surface area contributed by atoms with Crippen LogP contribution in [0.25, 0.3) is 0 Å².